The van der Waals surface area contributed by atoms with Crippen molar-refractivity contribution in [2.45, 2.75) is 26.4 Å². The van der Waals surface area contributed by atoms with E-state index >= 15 is 0 Å². The Balaban J connectivity index is 2.61. The van der Waals surface area contributed by atoms with Crippen LogP contribution in [0.1, 0.15) is 25.8 Å². The zero-order valence-electron chi connectivity index (χ0n) is 11.7. The summed E-state index contributed by atoms with van der Waals surface area (Å²) in [4.78, 5) is 2.24. The Morgan fingerprint density at radius 2 is 1.85 bits per heavy atom. The van der Waals surface area contributed by atoms with E-state index in [4.69, 9.17) is 0 Å². The fourth-order valence-electron chi connectivity index (χ4n) is 1.98. The number of halogens is 4. The minimum atomic E-state index is -4.33. The Morgan fingerprint density at radius 3 is 2.40 bits per heavy atom. The lowest BCUT2D eigenvalue weighted by atomic mass is 10.1. The monoisotopic (exact) mass is 352 g/mol. The predicted molar refractivity (Wildman–Crippen MR) is 80.0 cm³/mol. The molecular formula is C14H20BrF3N2. The highest BCUT2D eigenvalue weighted by molar-refractivity contribution is 9.10. The highest BCUT2D eigenvalue weighted by Crippen LogP contribution is 2.36. The number of hydrogen-bond acceptors (Lipinski definition) is 2. The first kappa shape index (κ1) is 17.3. The molecule has 1 N–H and O–H groups in total. The molecule has 0 aliphatic rings. The van der Waals surface area contributed by atoms with Gasteiger partial charge in [0, 0.05) is 16.7 Å². The van der Waals surface area contributed by atoms with Crippen LogP contribution in [0.3, 0.4) is 0 Å². The zero-order valence-corrected chi connectivity index (χ0v) is 13.3. The molecule has 1 rings (SSSR count). The Kier molecular flexibility index (Phi) is 6.82. The number of rotatable bonds is 7. The van der Waals surface area contributed by atoms with Crippen molar-refractivity contribution in [1.82, 2.24) is 4.90 Å². The zero-order chi connectivity index (χ0) is 15.2. The van der Waals surface area contributed by atoms with Crippen LogP contribution >= 0.6 is 15.9 Å². The van der Waals surface area contributed by atoms with Gasteiger partial charge in [-0.15, -0.1) is 0 Å². The molecule has 6 heteroatoms. The van der Waals surface area contributed by atoms with Gasteiger partial charge in [0.1, 0.15) is 0 Å². The van der Waals surface area contributed by atoms with Crippen molar-refractivity contribution in [3.63, 3.8) is 0 Å². The van der Waals surface area contributed by atoms with E-state index in [0.717, 1.165) is 32.1 Å². The van der Waals surface area contributed by atoms with Crippen LogP contribution in [0.2, 0.25) is 0 Å². The molecule has 1 aromatic rings. The van der Waals surface area contributed by atoms with Gasteiger partial charge >= 0.3 is 6.18 Å². The molecule has 0 aliphatic carbocycles. The van der Waals surface area contributed by atoms with E-state index in [0.29, 0.717) is 11.0 Å². The summed E-state index contributed by atoms with van der Waals surface area (Å²) in [6.45, 7) is 7.48. The fourth-order valence-corrected chi connectivity index (χ4v) is 2.34. The van der Waals surface area contributed by atoms with Crippen molar-refractivity contribution in [1.29, 1.82) is 0 Å². The Labute approximate surface area is 126 Å². The smallest absolute Gasteiger partial charge is 0.384 e. The maximum atomic E-state index is 12.9. The lowest BCUT2D eigenvalue weighted by Gasteiger charge is -2.19. The van der Waals surface area contributed by atoms with E-state index in [1.807, 2.05) is 0 Å². The van der Waals surface area contributed by atoms with Gasteiger partial charge in [-0.05, 0) is 44.3 Å². The highest BCUT2D eigenvalue weighted by atomic mass is 79.9. The van der Waals surface area contributed by atoms with Crippen LogP contribution in [0.15, 0.2) is 22.7 Å². The van der Waals surface area contributed by atoms with E-state index < -0.39 is 11.7 Å². The Hall–Kier alpha value is -0.750. The third-order valence-electron chi connectivity index (χ3n) is 3.15. The average molecular weight is 353 g/mol. The number of anilines is 1. The van der Waals surface area contributed by atoms with Crippen LogP contribution in [0.4, 0.5) is 18.9 Å². The molecule has 0 saturated heterocycles. The van der Waals surface area contributed by atoms with Crippen molar-refractivity contribution in [3.8, 4) is 0 Å². The molecule has 0 amide bonds. The molecule has 0 aliphatic heterocycles. The number of hydrogen-bond donors (Lipinski definition) is 1. The molecule has 0 fully saturated rings. The summed E-state index contributed by atoms with van der Waals surface area (Å²) in [5.41, 5.74) is -0.491. The summed E-state index contributed by atoms with van der Waals surface area (Å²) in [5.74, 6) is 0. The first-order chi connectivity index (χ1) is 9.38. The molecule has 0 atom stereocenters. The van der Waals surface area contributed by atoms with Crippen LogP contribution in [0, 0.1) is 0 Å². The van der Waals surface area contributed by atoms with Crippen molar-refractivity contribution in [2.24, 2.45) is 0 Å². The first-order valence-electron chi connectivity index (χ1n) is 6.71. The average Bonchev–Trinajstić information content (AvgIpc) is 2.37. The number of nitrogens with one attached hydrogen (secondary N) is 1. The molecule has 2 nitrogen and oxygen atoms in total. The molecular weight excluding hydrogens is 333 g/mol. The first-order valence-corrected chi connectivity index (χ1v) is 7.50. The largest absolute Gasteiger partial charge is 0.418 e. The number of nitrogens with zero attached hydrogens (tertiary/aromatic N) is 1. The van der Waals surface area contributed by atoms with Crippen LogP contribution in [-0.4, -0.2) is 31.1 Å². The fraction of sp³-hybridized carbons (Fsp3) is 0.571. The molecule has 20 heavy (non-hydrogen) atoms. The Bertz CT molecular complexity index is 417. The van der Waals surface area contributed by atoms with Crippen LogP contribution < -0.4 is 5.32 Å². The summed E-state index contributed by atoms with van der Waals surface area (Å²) in [6.07, 6.45) is -3.52. The molecule has 0 heterocycles. The molecule has 0 unspecified atom stereocenters. The van der Waals surface area contributed by atoms with Gasteiger partial charge in [0.25, 0.3) is 0 Å². The lowest BCUT2D eigenvalue weighted by molar-refractivity contribution is -0.137. The van der Waals surface area contributed by atoms with Gasteiger partial charge in [-0.1, -0.05) is 29.8 Å². The third kappa shape index (κ3) is 5.32. The second-order valence-corrected chi connectivity index (χ2v) is 5.41. The minimum Gasteiger partial charge on any atom is -0.384 e. The van der Waals surface area contributed by atoms with Crippen molar-refractivity contribution < 1.29 is 13.2 Å². The van der Waals surface area contributed by atoms with Gasteiger partial charge in [0.15, 0.2) is 0 Å². The standard InChI is InChI=1S/C14H20BrF3N2/c1-3-20(4-2)9-5-8-19-13-10-11(15)6-7-12(13)14(16,17)18/h6-7,10,19H,3-5,8-9H2,1-2H3. The summed E-state index contributed by atoms with van der Waals surface area (Å²) in [7, 11) is 0. The molecule has 0 aromatic heterocycles. The van der Waals surface area contributed by atoms with Gasteiger partial charge in [-0.3, -0.25) is 0 Å². The highest BCUT2D eigenvalue weighted by Gasteiger charge is 2.33. The summed E-state index contributed by atoms with van der Waals surface area (Å²) >= 11 is 3.20. The van der Waals surface area contributed by atoms with E-state index in [2.05, 4.69) is 40.0 Å². The molecule has 0 radical (unpaired) electrons. The molecule has 0 spiro atoms. The Morgan fingerprint density at radius 1 is 1.20 bits per heavy atom. The molecule has 0 saturated carbocycles. The van der Waals surface area contributed by atoms with Crippen molar-refractivity contribution in [2.75, 3.05) is 31.5 Å². The molecule has 114 valence electrons. The quantitative estimate of drug-likeness (QED) is 0.720. The third-order valence-corrected chi connectivity index (χ3v) is 3.64. The van der Waals surface area contributed by atoms with Crippen LogP contribution in [0.25, 0.3) is 0 Å². The van der Waals surface area contributed by atoms with E-state index in [-0.39, 0.29) is 5.69 Å². The number of benzene rings is 1. The van der Waals surface area contributed by atoms with E-state index in [1.165, 1.54) is 12.1 Å². The van der Waals surface area contributed by atoms with Crippen molar-refractivity contribution >= 4 is 21.6 Å². The van der Waals surface area contributed by atoms with Gasteiger partial charge < -0.3 is 10.2 Å². The summed E-state index contributed by atoms with van der Waals surface area (Å²) in [6, 6.07) is 3.97. The van der Waals surface area contributed by atoms with Crippen LogP contribution in [0.5, 0.6) is 0 Å². The topological polar surface area (TPSA) is 15.3 Å². The van der Waals surface area contributed by atoms with Gasteiger partial charge in [-0.25, -0.2) is 0 Å². The second-order valence-electron chi connectivity index (χ2n) is 4.49. The molecule has 1 aromatic carbocycles. The van der Waals surface area contributed by atoms with Gasteiger partial charge in [-0.2, -0.15) is 13.2 Å². The lowest BCUT2D eigenvalue weighted by Crippen LogP contribution is -2.25. The van der Waals surface area contributed by atoms with Crippen molar-refractivity contribution in [3.05, 3.63) is 28.2 Å². The van der Waals surface area contributed by atoms with E-state index in [9.17, 15) is 13.2 Å². The molecule has 0 bridgehead atoms. The maximum absolute atomic E-state index is 12.9. The summed E-state index contributed by atoms with van der Waals surface area (Å²) < 4.78 is 39.2. The van der Waals surface area contributed by atoms with Crippen LogP contribution in [-0.2, 0) is 6.18 Å². The SMILES string of the molecule is CCN(CC)CCCNc1cc(Br)ccc1C(F)(F)F. The normalized spacial score (nSPS) is 11.9. The summed E-state index contributed by atoms with van der Waals surface area (Å²) in [5, 5.41) is 2.89. The van der Waals surface area contributed by atoms with Gasteiger partial charge in [0.2, 0.25) is 0 Å². The van der Waals surface area contributed by atoms with E-state index in [1.54, 1.807) is 0 Å². The van der Waals surface area contributed by atoms with Gasteiger partial charge in [0.05, 0.1) is 5.56 Å². The predicted octanol–water partition coefficient (Wildman–Crippen LogP) is 4.61. The number of alkyl halides is 3. The second kappa shape index (κ2) is 7.88. The minimum absolute atomic E-state index is 0.131. The maximum Gasteiger partial charge on any atom is 0.418 e.